The maximum absolute atomic E-state index is 6.86. The second-order valence-corrected chi connectivity index (χ2v) is 3.17. The zero-order chi connectivity index (χ0) is 9.26. The van der Waals surface area contributed by atoms with Crippen molar-refractivity contribution in [1.82, 2.24) is 14.4 Å². The van der Waals surface area contributed by atoms with Crippen LogP contribution in [0.1, 0.15) is 0 Å². The van der Waals surface area contributed by atoms with Crippen LogP contribution in [0.25, 0.3) is 10.5 Å². The van der Waals surface area contributed by atoms with Gasteiger partial charge < -0.3 is 9.25 Å². The predicted octanol–water partition coefficient (Wildman–Crippen LogP) is 2.00. The summed E-state index contributed by atoms with van der Waals surface area (Å²) in [5, 5.41) is 0.790. The normalized spacial score (nSPS) is 10.2. The number of hydrogen-bond acceptors (Lipinski definition) is 3. The summed E-state index contributed by atoms with van der Waals surface area (Å²) in [6, 6.07) is 0. The molecule has 0 spiro atoms. The number of nitrogens with zero attached hydrogens (tertiary/aromatic N) is 4. The summed E-state index contributed by atoms with van der Waals surface area (Å²) in [6.07, 6.45) is 7.11. The van der Waals surface area contributed by atoms with Gasteiger partial charge in [-0.15, -0.1) is 4.98 Å². The lowest BCUT2D eigenvalue weighted by atomic mass is 10.6. The molecular weight excluding hydrogens is 184 g/mol. The largest absolute Gasteiger partial charge is 0.359 e. The van der Waals surface area contributed by atoms with Gasteiger partial charge in [0.05, 0.1) is 0 Å². The van der Waals surface area contributed by atoms with Crippen molar-refractivity contribution in [3.63, 3.8) is 0 Å². The Bertz CT molecular complexity index is 482. The Balaban J connectivity index is 2.79. The van der Waals surface area contributed by atoms with Crippen LogP contribution >= 0.6 is 11.8 Å². The van der Waals surface area contributed by atoms with Gasteiger partial charge in [0.25, 0.3) is 5.82 Å². The van der Waals surface area contributed by atoms with E-state index in [4.69, 9.17) is 6.57 Å². The van der Waals surface area contributed by atoms with Crippen LogP contribution in [0.5, 0.6) is 0 Å². The van der Waals surface area contributed by atoms with Crippen LogP contribution in [0.2, 0.25) is 0 Å². The molecule has 0 aliphatic heterocycles. The van der Waals surface area contributed by atoms with Crippen molar-refractivity contribution in [3.8, 4) is 0 Å². The lowest BCUT2D eigenvalue weighted by molar-refractivity contribution is 1.05. The van der Waals surface area contributed by atoms with Crippen LogP contribution in [0, 0.1) is 6.57 Å². The molecule has 2 rings (SSSR count). The Labute approximate surface area is 79.4 Å². The first-order chi connectivity index (χ1) is 6.35. The van der Waals surface area contributed by atoms with Crippen LogP contribution in [0.4, 0.5) is 5.82 Å². The molecule has 13 heavy (non-hydrogen) atoms. The number of imidazole rings is 1. The van der Waals surface area contributed by atoms with E-state index in [2.05, 4.69) is 14.8 Å². The van der Waals surface area contributed by atoms with Gasteiger partial charge in [0, 0.05) is 18.6 Å². The lowest BCUT2D eigenvalue weighted by Crippen LogP contribution is -1.89. The van der Waals surface area contributed by atoms with E-state index in [9.17, 15) is 0 Å². The van der Waals surface area contributed by atoms with E-state index in [0.29, 0.717) is 5.82 Å². The highest BCUT2D eigenvalue weighted by molar-refractivity contribution is 7.98. The molecule has 4 nitrogen and oxygen atoms in total. The minimum atomic E-state index is 0.398. The van der Waals surface area contributed by atoms with Crippen molar-refractivity contribution in [2.24, 2.45) is 0 Å². The van der Waals surface area contributed by atoms with Gasteiger partial charge in [0.15, 0.2) is 5.65 Å². The van der Waals surface area contributed by atoms with Crippen molar-refractivity contribution < 1.29 is 0 Å². The zero-order valence-corrected chi connectivity index (χ0v) is 7.75. The topological polar surface area (TPSA) is 34.5 Å². The molecule has 5 heteroatoms. The van der Waals surface area contributed by atoms with Crippen LogP contribution < -0.4 is 0 Å². The van der Waals surface area contributed by atoms with Crippen molar-refractivity contribution in [1.29, 1.82) is 0 Å². The second kappa shape index (κ2) is 3.07. The van der Waals surface area contributed by atoms with Crippen LogP contribution in [0.3, 0.4) is 0 Å². The van der Waals surface area contributed by atoms with Gasteiger partial charge in [0.2, 0.25) is 5.03 Å². The predicted molar refractivity (Wildman–Crippen MR) is 51.0 cm³/mol. The maximum atomic E-state index is 6.86. The van der Waals surface area contributed by atoms with Gasteiger partial charge in [-0.1, -0.05) is 18.3 Å². The Kier molecular flexibility index (Phi) is 1.91. The fraction of sp³-hybridized carbons (Fsp3) is 0.125. The minimum absolute atomic E-state index is 0.398. The monoisotopic (exact) mass is 190 g/mol. The smallest absolute Gasteiger partial charge is 0.287 e. The van der Waals surface area contributed by atoms with Gasteiger partial charge in [-0.25, -0.2) is 4.98 Å². The highest BCUT2D eigenvalue weighted by Crippen LogP contribution is 2.21. The highest BCUT2D eigenvalue weighted by Gasteiger charge is 2.08. The third-order valence-electron chi connectivity index (χ3n) is 1.64. The summed E-state index contributed by atoms with van der Waals surface area (Å²) < 4.78 is 1.81. The van der Waals surface area contributed by atoms with Crippen LogP contribution in [-0.4, -0.2) is 20.6 Å². The summed E-state index contributed by atoms with van der Waals surface area (Å²) in [6.45, 7) is 6.86. The summed E-state index contributed by atoms with van der Waals surface area (Å²) in [4.78, 5) is 11.6. The average Bonchev–Trinajstić information content (AvgIpc) is 2.63. The third-order valence-corrected chi connectivity index (χ3v) is 2.30. The molecule has 0 aliphatic carbocycles. The SMILES string of the molecule is [C-]#[N+]c1cn2ccnc2c(SC)n1. The average molecular weight is 190 g/mol. The first kappa shape index (κ1) is 8.08. The number of rotatable bonds is 1. The molecule has 2 heterocycles. The lowest BCUT2D eigenvalue weighted by Gasteiger charge is -1.96. The Morgan fingerprint density at radius 2 is 2.46 bits per heavy atom. The second-order valence-electron chi connectivity index (χ2n) is 2.38. The number of fused-ring (bicyclic) bond motifs is 1. The highest BCUT2D eigenvalue weighted by atomic mass is 32.2. The van der Waals surface area contributed by atoms with E-state index in [1.165, 1.54) is 11.8 Å². The standard InChI is InChI=1S/C8H6N4S/c1-9-6-5-12-4-3-10-7(12)8(11-6)13-2/h3-5H,2H3. The minimum Gasteiger partial charge on any atom is -0.359 e. The Morgan fingerprint density at radius 1 is 1.62 bits per heavy atom. The molecule has 0 saturated heterocycles. The van der Waals surface area contributed by atoms with Crippen LogP contribution in [0.15, 0.2) is 23.6 Å². The van der Waals surface area contributed by atoms with Crippen molar-refractivity contribution in [3.05, 3.63) is 30.0 Å². The van der Waals surface area contributed by atoms with Gasteiger partial charge in [-0.05, 0) is 6.26 Å². The quantitative estimate of drug-likeness (QED) is 0.509. The molecule has 64 valence electrons. The fourth-order valence-corrected chi connectivity index (χ4v) is 1.61. The molecule has 2 aromatic rings. The molecule has 0 aromatic carbocycles. The maximum Gasteiger partial charge on any atom is 0.287 e. The number of hydrogen-bond donors (Lipinski definition) is 0. The molecule has 0 amide bonds. The van der Waals surface area contributed by atoms with E-state index in [0.717, 1.165) is 10.7 Å². The van der Waals surface area contributed by atoms with Gasteiger partial charge in [-0.2, -0.15) is 0 Å². The molecule has 0 unspecified atom stereocenters. The van der Waals surface area contributed by atoms with Gasteiger partial charge in [-0.3, -0.25) is 0 Å². The number of thioether (sulfide) groups is 1. The van der Waals surface area contributed by atoms with E-state index in [1.54, 1.807) is 12.4 Å². The van der Waals surface area contributed by atoms with E-state index < -0.39 is 0 Å². The zero-order valence-electron chi connectivity index (χ0n) is 6.93. The molecule has 0 atom stereocenters. The van der Waals surface area contributed by atoms with Crippen LogP contribution in [-0.2, 0) is 0 Å². The third kappa shape index (κ3) is 1.25. The molecule has 0 fully saturated rings. The Hall–Kier alpha value is -1.54. The molecular formula is C8H6N4S. The van der Waals surface area contributed by atoms with Gasteiger partial charge in [0.1, 0.15) is 0 Å². The molecule has 2 aromatic heterocycles. The summed E-state index contributed by atoms with van der Waals surface area (Å²) in [5.41, 5.74) is 0.805. The summed E-state index contributed by atoms with van der Waals surface area (Å²) in [5.74, 6) is 0.398. The fourth-order valence-electron chi connectivity index (χ4n) is 1.08. The number of aromatic nitrogens is 3. The molecule has 0 N–H and O–H groups in total. The van der Waals surface area contributed by atoms with E-state index >= 15 is 0 Å². The summed E-state index contributed by atoms with van der Waals surface area (Å²) >= 11 is 1.49. The molecule has 0 aliphatic rings. The van der Waals surface area contributed by atoms with E-state index in [-0.39, 0.29) is 0 Å². The molecule has 0 saturated carbocycles. The van der Waals surface area contributed by atoms with Crippen molar-refractivity contribution in [2.45, 2.75) is 5.03 Å². The Morgan fingerprint density at radius 3 is 3.15 bits per heavy atom. The first-order valence-corrected chi connectivity index (χ1v) is 4.83. The molecule has 0 bridgehead atoms. The van der Waals surface area contributed by atoms with E-state index in [1.807, 2.05) is 16.9 Å². The van der Waals surface area contributed by atoms with Gasteiger partial charge >= 0.3 is 0 Å². The summed E-state index contributed by atoms with van der Waals surface area (Å²) in [7, 11) is 0. The first-order valence-electron chi connectivity index (χ1n) is 3.60. The van der Waals surface area contributed by atoms with Crippen molar-refractivity contribution >= 4 is 23.2 Å². The van der Waals surface area contributed by atoms with Crippen molar-refractivity contribution in [2.75, 3.05) is 6.26 Å². The molecule has 0 radical (unpaired) electrons.